The highest BCUT2D eigenvalue weighted by Gasteiger charge is 2.15. The van der Waals surface area contributed by atoms with Crippen molar-refractivity contribution < 1.29 is 0 Å². The minimum absolute atomic E-state index is 0.482. The van der Waals surface area contributed by atoms with Crippen molar-refractivity contribution in [1.29, 1.82) is 0 Å². The van der Waals surface area contributed by atoms with Crippen molar-refractivity contribution in [3.63, 3.8) is 0 Å². The molecule has 5 heteroatoms. The Bertz CT molecular complexity index is 941. The molecule has 0 atom stereocenters. The van der Waals surface area contributed by atoms with Gasteiger partial charge in [0.2, 0.25) is 5.82 Å². The first-order valence-electron chi connectivity index (χ1n) is 7.55. The van der Waals surface area contributed by atoms with E-state index in [1.807, 2.05) is 66.7 Å². The number of hydrogen-bond donors (Lipinski definition) is 0. The van der Waals surface area contributed by atoms with E-state index >= 15 is 0 Å². The van der Waals surface area contributed by atoms with Gasteiger partial charge in [-0.25, -0.2) is 4.98 Å². The van der Waals surface area contributed by atoms with Gasteiger partial charge in [-0.2, -0.15) is 0 Å². The van der Waals surface area contributed by atoms with Gasteiger partial charge in [-0.3, -0.25) is 9.97 Å². The highest BCUT2D eigenvalue weighted by atomic mass is 15.2. The summed E-state index contributed by atoms with van der Waals surface area (Å²) in [6, 6.07) is 21.2. The molecule has 0 unspecified atom stereocenters. The van der Waals surface area contributed by atoms with Crippen molar-refractivity contribution in [3.8, 4) is 34.2 Å². The molecule has 0 N–H and O–H groups in total. The Balaban J connectivity index is 1.92. The van der Waals surface area contributed by atoms with Gasteiger partial charge in [0.05, 0.1) is 5.69 Å². The third kappa shape index (κ3) is 2.75. The van der Waals surface area contributed by atoms with Gasteiger partial charge in [0, 0.05) is 18.0 Å². The van der Waals surface area contributed by atoms with Crippen molar-refractivity contribution in [2.24, 2.45) is 0 Å². The summed E-state index contributed by atoms with van der Waals surface area (Å²) in [6.07, 6.45) is 3.46. The van der Waals surface area contributed by atoms with Gasteiger partial charge in [-0.15, -0.1) is 10.2 Å². The van der Waals surface area contributed by atoms with E-state index in [9.17, 15) is 0 Å². The standard InChI is InChI=1S/C19H13N5/c1-2-8-14(9-3-1)17-18(15-10-4-6-12-20-15)22-19(24-23-17)16-11-5-7-13-21-16/h1-13H. The first-order chi connectivity index (χ1) is 11.9. The second-order valence-corrected chi connectivity index (χ2v) is 5.13. The van der Waals surface area contributed by atoms with Crippen LogP contribution in [0.15, 0.2) is 79.1 Å². The summed E-state index contributed by atoms with van der Waals surface area (Å²) in [5.74, 6) is 0.482. The van der Waals surface area contributed by atoms with Gasteiger partial charge >= 0.3 is 0 Å². The second-order valence-electron chi connectivity index (χ2n) is 5.13. The van der Waals surface area contributed by atoms with Crippen LogP contribution in [0.1, 0.15) is 0 Å². The summed E-state index contributed by atoms with van der Waals surface area (Å²) >= 11 is 0. The molecule has 24 heavy (non-hydrogen) atoms. The van der Waals surface area contributed by atoms with Crippen LogP contribution in [0.25, 0.3) is 34.2 Å². The zero-order valence-electron chi connectivity index (χ0n) is 12.7. The van der Waals surface area contributed by atoms with Crippen LogP contribution in [-0.4, -0.2) is 25.1 Å². The molecule has 0 saturated carbocycles. The predicted molar refractivity (Wildman–Crippen MR) is 91.7 cm³/mol. The summed E-state index contributed by atoms with van der Waals surface area (Å²) in [5.41, 5.74) is 3.78. The minimum Gasteiger partial charge on any atom is -0.255 e. The Hall–Kier alpha value is -3.47. The van der Waals surface area contributed by atoms with Crippen molar-refractivity contribution in [1.82, 2.24) is 25.1 Å². The molecule has 0 bridgehead atoms. The largest absolute Gasteiger partial charge is 0.255 e. The Morgan fingerprint density at radius 2 is 1.21 bits per heavy atom. The average molecular weight is 311 g/mol. The molecule has 0 fully saturated rings. The van der Waals surface area contributed by atoms with E-state index in [1.165, 1.54) is 0 Å². The van der Waals surface area contributed by atoms with Crippen LogP contribution < -0.4 is 0 Å². The van der Waals surface area contributed by atoms with Crippen LogP contribution in [0.4, 0.5) is 0 Å². The van der Waals surface area contributed by atoms with Crippen molar-refractivity contribution in [3.05, 3.63) is 79.1 Å². The van der Waals surface area contributed by atoms with Crippen molar-refractivity contribution in [2.75, 3.05) is 0 Å². The van der Waals surface area contributed by atoms with E-state index in [0.717, 1.165) is 11.3 Å². The Labute approximate surface area is 139 Å². The molecule has 114 valence electrons. The minimum atomic E-state index is 0.482. The monoisotopic (exact) mass is 311 g/mol. The number of rotatable bonds is 3. The maximum absolute atomic E-state index is 4.69. The first-order valence-corrected chi connectivity index (χ1v) is 7.55. The van der Waals surface area contributed by atoms with Crippen LogP contribution >= 0.6 is 0 Å². The smallest absolute Gasteiger partial charge is 0.201 e. The number of benzene rings is 1. The third-order valence-corrected chi connectivity index (χ3v) is 3.54. The molecular formula is C19H13N5. The quantitative estimate of drug-likeness (QED) is 0.577. The molecule has 3 heterocycles. The molecule has 0 amide bonds. The second kappa shape index (κ2) is 6.34. The topological polar surface area (TPSA) is 64.5 Å². The predicted octanol–water partition coefficient (Wildman–Crippen LogP) is 3.66. The molecule has 4 rings (SSSR count). The van der Waals surface area contributed by atoms with Gasteiger partial charge in [-0.1, -0.05) is 42.5 Å². The molecule has 1 aromatic carbocycles. The fourth-order valence-corrected chi connectivity index (χ4v) is 2.40. The molecule has 0 aliphatic carbocycles. The zero-order valence-corrected chi connectivity index (χ0v) is 12.7. The maximum Gasteiger partial charge on any atom is 0.201 e. The summed E-state index contributed by atoms with van der Waals surface area (Å²) in [7, 11) is 0. The number of pyridine rings is 2. The van der Waals surface area contributed by atoms with Gasteiger partial charge in [0.1, 0.15) is 17.1 Å². The van der Waals surface area contributed by atoms with Crippen LogP contribution in [0.2, 0.25) is 0 Å². The molecule has 0 saturated heterocycles. The third-order valence-electron chi connectivity index (χ3n) is 3.54. The molecule has 5 nitrogen and oxygen atoms in total. The maximum atomic E-state index is 4.69. The van der Waals surface area contributed by atoms with E-state index in [-0.39, 0.29) is 0 Å². The highest BCUT2D eigenvalue weighted by Crippen LogP contribution is 2.28. The highest BCUT2D eigenvalue weighted by molar-refractivity contribution is 5.76. The van der Waals surface area contributed by atoms with Gasteiger partial charge in [0.25, 0.3) is 0 Å². The Kier molecular flexibility index (Phi) is 3.73. The first kappa shape index (κ1) is 14.1. The molecular weight excluding hydrogens is 298 g/mol. The molecule has 0 radical (unpaired) electrons. The van der Waals surface area contributed by atoms with Crippen molar-refractivity contribution >= 4 is 0 Å². The summed E-state index contributed by atoms with van der Waals surface area (Å²) in [6.45, 7) is 0. The van der Waals surface area contributed by atoms with E-state index in [1.54, 1.807) is 12.4 Å². The molecule has 3 aromatic heterocycles. The Morgan fingerprint density at radius 3 is 1.88 bits per heavy atom. The van der Waals surface area contributed by atoms with Crippen LogP contribution in [0, 0.1) is 0 Å². The summed E-state index contributed by atoms with van der Waals surface area (Å²) in [5, 5.41) is 8.67. The lowest BCUT2D eigenvalue weighted by Gasteiger charge is -2.08. The van der Waals surface area contributed by atoms with Gasteiger partial charge in [-0.05, 0) is 24.3 Å². The van der Waals surface area contributed by atoms with Crippen LogP contribution in [0.3, 0.4) is 0 Å². The van der Waals surface area contributed by atoms with E-state index in [0.29, 0.717) is 22.9 Å². The normalized spacial score (nSPS) is 10.5. The SMILES string of the molecule is c1ccc(-c2nnc(-c3ccccn3)nc2-c2ccccn2)cc1. The molecule has 0 spiro atoms. The van der Waals surface area contributed by atoms with Gasteiger partial charge in [0.15, 0.2) is 0 Å². The average Bonchev–Trinajstić information content (AvgIpc) is 2.69. The summed E-state index contributed by atoms with van der Waals surface area (Å²) in [4.78, 5) is 13.4. The van der Waals surface area contributed by atoms with Crippen molar-refractivity contribution in [2.45, 2.75) is 0 Å². The number of hydrogen-bond acceptors (Lipinski definition) is 5. The molecule has 4 aromatic rings. The lowest BCUT2D eigenvalue weighted by atomic mass is 10.1. The molecule has 0 aliphatic heterocycles. The van der Waals surface area contributed by atoms with E-state index in [4.69, 9.17) is 4.98 Å². The fourth-order valence-electron chi connectivity index (χ4n) is 2.40. The lowest BCUT2D eigenvalue weighted by Crippen LogP contribution is -2.01. The fraction of sp³-hybridized carbons (Fsp3) is 0. The summed E-state index contributed by atoms with van der Waals surface area (Å²) < 4.78 is 0. The molecule has 0 aliphatic rings. The van der Waals surface area contributed by atoms with Crippen LogP contribution in [-0.2, 0) is 0 Å². The Morgan fingerprint density at radius 1 is 0.542 bits per heavy atom. The number of aromatic nitrogens is 5. The number of nitrogens with zero attached hydrogens (tertiary/aromatic N) is 5. The lowest BCUT2D eigenvalue weighted by molar-refractivity contribution is 0.977. The van der Waals surface area contributed by atoms with Gasteiger partial charge < -0.3 is 0 Å². The van der Waals surface area contributed by atoms with Crippen LogP contribution in [0.5, 0.6) is 0 Å². The zero-order chi connectivity index (χ0) is 16.2. The van der Waals surface area contributed by atoms with E-state index in [2.05, 4.69) is 20.2 Å². The van der Waals surface area contributed by atoms with E-state index < -0.39 is 0 Å².